The summed E-state index contributed by atoms with van der Waals surface area (Å²) in [5, 5.41) is 2.84. The van der Waals surface area contributed by atoms with E-state index in [1.165, 1.54) is 0 Å². The summed E-state index contributed by atoms with van der Waals surface area (Å²) >= 11 is 0. The number of benzene rings is 1. The molecule has 2 heterocycles. The Morgan fingerprint density at radius 3 is 2.95 bits per heavy atom. The summed E-state index contributed by atoms with van der Waals surface area (Å²) in [4.78, 5) is 25.9. The minimum Gasteiger partial charge on any atom is -0.336 e. The predicted octanol–water partition coefficient (Wildman–Crippen LogP) is 1.52. The van der Waals surface area contributed by atoms with Crippen LogP contribution in [0.2, 0.25) is 0 Å². The quantitative estimate of drug-likeness (QED) is 0.822. The second-order valence-electron chi connectivity index (χ2n) is 6.05. The molecule has 0 bridgehead atoms. The zero-order chi connectivity index (χ0) is 15.0. The fourth-order valence-corrected chi connectivity index (χ4v) is 3.19. The molecular weight excluding hydrogens is 266 g/mol. The SMILES string of the molecule is C[C@@H]1C[C@H](N)CCN1C(=O)c1ccc2c(c1)CCC(=O)N2. The fourth-order valence-electron chi connectivity index (χ4n) is 3.19. The molecule has 112 valence electrons. The van der Waals surface area contributed by atoms with Crippen LogP contribution in [0.15, 0.2) is 18.2 Å². The van der Waals surface area contributed by atoms with Crippen molar-refractivity contribution in [2.75, 3.05) is 11.9 Å². The summed E-state index contributed by atoms with van der Waals surface area (Å²) in [6.07, 6.45) is 2.89. The van der Waals surface area contributed by atoms with Gasteiger partial charge in [0, 0.05) is 36.3 Å². The van der Waals surface area contributed by atoms with E-state index < -0.39 is 0 Å². The summed E-state index contributed by atoms with van der Waals surface area (Å²) in [5.74, 6) is 0.106. The van der Waals surface area contributed by atoms with E-state index in [-0.39, 0.29) is 23.9 Å². The lowest BCUT2D eigenvalue weighted by Gasteiger charge is -2.36. The molecule has 0 spiro atoms. The highest BCUT2D eigenvalue weighted by molar-refractivity contribution is 5.98. The highest BCUT2D eigenvalue weighted by Crippen LogP contribution is 2.25. The van der Waals surface area contributed by atoms with Gasteiger partial charge in [-0.05, 0) is 49.9 Å². The van der Waals surface area contributed by atoms with Crippen molar-refractivity contribution >= 4 is 17.5 Å². The van der Waals surface area contributed by atoms with E-state index in [1.807, 2.05) is 17.0 Å². The molecule has 0 saturated carbocycles. The molecule has 3 rings (SSSR count). The third-order valence-electron chi connectivity index (χ3n) is 4.43. The number of nitrogens with zero attached hydrogens (tertiary/aromatic N) is 1. The summed E-state index contributed by atoms with van der Waals surface area (Å²) in [5.41, 5.74) is 8.53. The molecular formula is C16H21N3O2. The second-order valence-corrected chi connectivity index (χ2v) is 6.05. The number of aryl methyl sites for hydroxylation is 1. The second kappa shape index (κ2) is 5.48. The molecule has 0 aromatic heterocycles. The molecule has 0 unspecified atom stereocenters. The summed E-state index contributed by atoms with van der Waals surface area (Å²) in [6, 6.07) is 5.92. The van der Waals surface area contributed by atoms with Gasteiger partial charge in [0.05, 0.1) is 0 Å². The summed E-state index contributed by atoms with van der Waals surface area (Å²) in [6.45, 7) is 2.77. The van der Waals surface area contributed by atoms with Gasteiger partial charge in [-0.15, -0.1) is 0 Å². The van der Waals surface area contributed by atoms with Gasteiger partial charge in [-0.25, -0.2) is 0 Å². The molecule has 5 nitrogen and oxygen atoms in total. The van der Waals surface area contributed by atoms with E-state index in [2.05, 4.69) is 12.2 Å². The lowest BCUT2D eigenvalue weighted by molar-refractivity contribution is -0.116. The van der Waals surface area contributed by atoms with Gasteiger partial charge in [-0.2, -0.15) is 0 Å². The van der Waals surface area contributed by atoms with E-state index in [1.54, 1.807) is 6.07 Å². The number of carbonyl (C=O) groups excluding carboxylic acids is 2. The minimum absolute atomic E-state index is 0.0419. The van der Waals surface area contributed by atoms with Crippen LogP contribution in [0.3, 0.4) is 0 Å². The Morgan fingerprint density at radius 1 is 1.38 bits per heavy atom. The first-order chi connectivity index (χ1) is 10.0. The van der Waals surface area contributed by atoms with Crippen molar-refractivity contribution in [1.82, 2.24) is 4.90 Å². The van der Waals surface area contributed by atoms with E-state index in [4.69, 9.17) is 5.73 Å². The van der Waals surface area contributed by atoms with Gasteiger partial charge in [0.15, 0.2) is 0 Å². The molecule has 1 saturated heterocycles. The topological polar surface area (TPSA) is 75.4 Å². The van der Waals surface area contributed by atoms with Crippen LogP contribution in [0.5, 0.6) is 0 Å². The summed E-state index contributed by atoms with van der Waals surface area (Å²) < 4.78 is 0. The maximum atomic E-state index is 12.7. The van der Waals surface area contributed by atoms with Crippen molar-refractivity contribution in [2.45, 2.75) is 44.7 Å². The molecule has 2 atom stereocenters. The van der Waals surface area contributed by atoms with Crippen LogP contribution in [0.4, 0.5) is 5.69 Å². The van der Waals surface area contributed by atoms with E-state index in [0.717, 1.165) is 30.6 Å². The Balaban J connectivity index is 1.80. The van der Waals surface area contributed by atoms with Crippen molar-refractivity contribution in [1.29, 1.82) is 0 Å². The highest BCUT2D eigenvalue weighted by atomic mass is 16.2. The molecule has 5 heteroatoms. The maximum absolute atomic E-state index is 12.7. The lowest BCUT2D eigenvalue weighted by Crippen LogP contribution is -2.48. The molecule has 1 fully saturated rings. The summed E-state index contributed by atoms with van der Waals surface area (Å²) in [7, 11) is 0. The highest BCUT2D eigenvalue weighted by Gasteiger charge is 2.28. The van der Waals surface area contributed by atoms with Crippen LogP contribution in [0.25, 0.3) is 0 Å². The lowest BCUT2D eigenvalue weighted by atomic mass is 9.96. The smallest absolute Gasteiger partial charge is 0.254 e. The van der Waals surface area contributed by atoms with Gasteiger partial charge in [-0.1, -0.05) is 0 Å². The van der Waals surface area contributed by atoms with Crippen molar-refractivity contribution < 1.29 is 9.59 Å². The Labute approximate surface area is 124 Å². The Kier molecular flexibility index (Phi) is 3.68. The number of fused-ring (bicyclic) bond motifs is 1. The number of piperidine rings is 1. The number of likely N-dealkylation sites (tertiary alicyclic amines) is 1. The molecule has 21 heavy (non-hydrogen) atoms. The van der Waals surface area contributed by atoms with Crippen LogP contribution in [-0.2, 0) is 11.2 Å². The van der Waals surface area contributed by atoms with Gasteiger partial charge in [0.1, 0.15) is 0 Å². The monoisotopic (exact) mass is 287 g/mol. The van der Waals surface area contributed by atoms with E-state index in [9.17, 15) is 9.59 Å². The first-order valence-corrected chi connectivity index (χ1v) is 7.54. The molecule has 0 aliphatic carbocycles. The standard InChI is InChI=1S/C16H21N3O2/c1-10-8-13(17)6-7-19(10)16(21)12-2-4-14-11(9-12)3-5-15(20)18-14/h2,4,9-10,13H,3,5-8,17H2,1H3,(H,18,20)/t10-,13-/m1/s1. The number of nitrogens with one attached hydrogen (secondary N) is 1. The third-order valence-corrected chi connectivity index (χ3v) is 4.43. The zero-order valence-corrected chi connectivity index (χ0v) is 12.3. The Hall–Kier alpha value is -1.88. The largest absolute Gasteiger partial charge is 0.336 e. The van der Waals surface area contributed by atoms with E-state index >= 15 is 0 Å². The molecule has 2 aliphatic rings. The average molecular weight is 287 g/mol. The number of nitrogens with two attached hydrogens (primary N) is 1. The maximum Gasteiger partial charge on any atom is 0.254 e. The van der Waals surface area contributed by atoms with E-state index in [0.29, 0.717) is 18.4 Å². The first-order valence-electron chi connectivity index (χ1n) is 7.54. The third kappa shape index (κ3) is 2.78. The molecule has 3 N–H and O–H groups in total. The predicted molar refractivity (Wildman–Crippen MR) is 81.1 cm³/mol. The molecule has 1 aromatic carbocycles. The van der Waals surface area contributed by atoms with Crippen LogP contribution in [0.1, 0.15) is 42.1 Å². The molecule has 0 radical (unpaired) electrons. The molecule has 2 amide bonds. The van der Waals surface area contributed by atoms with Gasteiger partial charge >= 0.3 is 0 Å². The number of anilines is 1. The number of rotatable bonds is 1. The van der Waals surface area contributed by atoms with Crippen molar-refractivity contribution in [3.8, 4) is 0 Å². The van der Waals surface area contributed by atoms with Crippen molar-refractivity contribution in [3.05, 3.63) is 29.3 Å². The number of carbonyl (C=O) groups is 2. The van der Waals surface area contributed by atoms with Gasteiger partial charge < -0.3 is 16.0 Å². The minimum atomic E-state index is 0.0419. The Bertz CT molecular complexity index is 585. The van der Waals surface area contributed by atoms with Crippen molar-refractivity contribution in [2.24, 2.45) is 5.73 Å². The Morgan fingerprint density at radius 2 is 2.19 bits per heavy atom. The van der Waals surface area contributed by atoms with Gasteiger partial charge in [0.2, 0.25) is 5.91 Å². The number of hydrogen-bond acceptors (Lipinski definition) is 3. The molecule has 2 aliphatic heterocycles. The number of amides is 2. The van der Waals surface area contributed by atoms with Crippen LogP contribution in [-0.4, -0.2) is 35.3 Å². The van der Waals surface area contributed by atoms with Crippen molar-refractivity contribution in [3.63, 3.8) is 0 Å². The van der Waals surface area contributed by atoms with Gasteiger partial charge in [0.25, 0.3) is 5.91 Å². The normalized spacial score (nSPS) is 25.2. The molecule has 1 aromatic rings. The average Bonchev–Trinajstić information content (AvgIpc) is 2.46. The van der Waals surface area contributed by atoms with Crippen LogP contribution >= 0.6 is 0 Å². The number of hydrogen-bond donors (Lipinski definition) is 2. The van der Waals surface area contributed by atoms with Crippen LogP contribution in [0, 0.1) is 0 Å². The van der Waals surface area contributed by atoms with Gasteiger partial charge in [-0.3, -0.25) is 9.59 Å². The first kappa shape index (κ1) is 14.1. The zero-order valence-electron chi connectivity index (χ0n) is 12.3. The van der Waals surface area contributed by atoms with Crippen LogP contribution < -0.4 is 11.1 Å². The fraction of sp³-hybridized carbons (Fsp3) is 0.500.